The normalized spacial score (nSPS) is 10.3. The summed E-state index contributed by atoms with van der Waals surface area (Å²) in [5, 5.41) is 0.665. The maximum atomic E-state index is 11.2. The molecule has 2 rings (SSSR count). The number of hydrogen-bond acceptors (Lipinski definition) is 4. The van der Waals surface area contributed by atoms with E-state index in [1.165, 1.54) is 0 Å². The van der Waals surface area contributed by atoms with Crippen molar-refractivity contribution in [3.63, 3.8) is 0 Å². The van der Waals surface area contributed by atoms with Crippen LogP contribution in [-0.2, 0) is 4.79 Å². The molecule has 5 heteroatoms. The first-order chi connectivity index (χ1) is 7.70. The van der Waals surface area contributed by atoms with Crippen LogP contribution in [0.2, 0.25) is 0 Å². The Balaban J connectivity index is 2.59. The molecule has 0 N–H and O–H groups in total. The Morgan fingerprint density at radius 3 is 2.88 bits per heavy atom. The van der Waals surface area contributed by atoms with Gasteiger partial charge in [0.1, 0.15) is 16.7 Å². The molecule has 0 bridgehead atoms. The highest BCUT2D eigenvalue weighted by Gasteiger charge is 2.09. The van der Waals surface area contributed by atoms with Gasteiger partial charge >= 0.3 is 11.6 Å². The topological polar surface area (TPSA) is 56.5 Å². The van der Waals surface area contributed by atoms with Gasteiger partial charge in [-0.2, -0.15) is 0 Å². The van der Waals surface area contributed by atoms with Crippen molar-refractivity contribution in [1.82, 2.24) is 0 Å². The lowest BCUT2D eigenvalue weighted by Gasteiger charge is -2.04. The molecule has 2 aromatic rings. The van der Waals surface area contributed by atoms with Crippen molar-refractivity contribution in [1.29, 1.82) is 0 Å². The van der Waals surface area contributed by atoms with E-state index < -0.39 is 11.6 Å². The van der Waals surface area contributed by atoms with Crippen LogP contribution in [0.1, 0.15) is 0 Å². The van der Waals surface area contributed by atoms with E-state index in [9.17, 15) is 9.59 Å². The van der Waals surface area contributed by atoms with Crippen molar-refractivity contribution in [2.45, 2.75) is 0 Å². The standard InChI is InChI=1S/C11H7BrO4/c12-6-11(14)16-9-5-10(13)15-8-4-2-1-3-7(8)9/h1-5H,6H2. The molecule has 82 valence electrons. The Morgan fingerprint density at radius 2 is 2.12 bits per heavy atom. The van der Waals surface area contributed by atoms with Crippen LogP contribution >= 0.6 is 15.9 Å². The number of carbonyl (C=O) groups excluding carboxylic acids is 1. The van der Waals surface area contributed by atoms with Crippen molar-refractivity contribution in [3.8, 4) is 5.75 Å². The highest BCUT2D eigenvalue weighted by atomic mass is 79.9. The van der Waals surface area contributed by atoms with Gasteiger partial charge in [-0.1, -0.05) is 28.1 Å². The molecule has 0 unspecified atom stereocenters. The van der Waals surface area contributed by atoms with E-state index in [1.807, 2.05) is 0 Å². The van der Waals surface area contributed by atoms with Gasteiger partial charge in [0.05, 0.1) is 11.5 Å². The molecule has 0 aliphatic rings. The van der Waals surface area contributed by atoms with Gasteiger partial charge in [-0.3, -0.25) is 4.79 Å². The molecule has 0 radical (unpaired) electrons. The number of benzene rings is 1. The zero-order valence-corrected chi connectivity index (χ0v) is 9.69. The fourth-order valence-corrected chi connectivity index (χ4v) is 1.43. The number of esters is 1. The molecule has 0 aliphatic carbocycles. The van der Waals surface area contributed by atoms with Gasteiger partial charge in [-0.05, 0) is 12.1 Å². The molecule has 0 aliphatic heterocycles. The average Bonchev–Trinajstić information content (AvgIpc) is 2.28. The number of fused-ring (bicyclic) bond motifs is 1. The Labute approximate surface area is 99.0 Å². The maximum absolute atomic E-state index is 11.2. The molecule has 0 saturated heterocycles. The molecule has 0 spiro atoms. The number of halogens is 1. The molecule has 1 aromatic heterocycles. The molecule has 16 heavy (non-hydrogen) atoms. The van der Waals surface area contributed by atoms with Gasteiger partial charge in [0.15, 0.2) is 0 Å². The van der Waals surface area contributed by atoms with Gasteiger partial charge in [-0.25, -0.2) is 4.79 Å². The van der Waals surface area contributed by atoms with Crippen LogP contribution in [0, 0.1) is 0 Å². The van der Waals surface area contributed by atoms with E-state index >= 15 is 0 Å². The first-order valence-electron chi connectivity index (χ1n) is 4.50. The summed E-state index contributed by atoms with van der Waals surface area (Å²) in [5.41, 5.74) is -0.150. The number of rotatable bonds is 2. The van der Waals surface area contributed by atoms with Gasteiger partial charge in [-0.15, -0.1) is 0 Å². The van der Waals surface area contributed by atoms with Crippen LogP contribution in [0.15, 0.2) is 39.5 Å². The Kier molecular flexibility index (Phi) is 3.05. The number of alkyl halides is 1. The van der Waals surface area contributed by atoms with E-state index in [0.717, 1.165) is 6.07 Å². The zero-order valence-electron chi connectivity index (χ0n) is 8.10. The highest BCUT2D eigenvalue weighted by Crippen LogP contribution is 2.23. The summed E-state index contributed by atoms with van der Waals surface area (Å²) in [5.74, 6) is -0.243. The van der Waals surface area contributed by atoms with E-state index in [1.54, 1.807) is 24.3 Å². The molecule has 0 atom stereocenters. The SMILES string of the molecule is O=C(CBr)Oc1cc(=O)oc2ccccc12. The third-order valence-corrected chi connectivity index (χ3v) is 2.40. The Bertz CT molecular complexity index is 588. The second-order valence-corrected chi connectivity index (χ2v) is 3.59. The number of hydrogen-bond donors (Lipinski definition) is 0. The number of para-hydroxylation sites is 1. The number of carbonyl (C=O) groups is 1. The minimum absolute atomic E-state index is 0.0710. The first kappa shape index (κ1) is 10.9. The second kappa shape index (κ2) is 4.49. The molecule has 0 fully saturated rings. The molecular weight excluding hydrogens is 276 g/mol. The quantitative estimate of drug-likeness (QED) is 0.481. The summed E-state index contributed by atoms with van der Waals surface area (Å²) in [6.07, 6.45) is 0. The van der Waals surface area contributed by atoms with Crippen molar-refractivity contribution < 1.29 is 13.9 Å². The summed E-state index contributed by atoms with van der Waals surface area (Å²) < 4.78 is 9.97. The van der Waals surface area contributed by atoms with Gasteiger partial charge in [0.2, 0.25) is 0 Å². The van der Waals surface area contributed by atoms with Crippen molar-refractivity contribution >= 4 is 32.9 Å². The van der Waals surface area contributed by atoms with Crippen LogP contribution in [0.25, 0.3) is 11.0 Å². The largest absolute Gasteiger partial charge is 0.425 e. The van der Waals surface area contributed by atoms with E-state index in [4.69, 9.17) is 9.15 Å². The van der Waals surface area contributed by atoms with E-state index in [0.29, 0.717) is 11.0 Å². The lowest BCUT2D eigenvalue weighted by atomic mass is 10.2. The molecule has 4 nitrogen and oxygen atoms in total. The van der Waals surface area contributed by atoms with Crippen LogP contribution in [0.4, 0.5) is 0 Å². The summed E-state index contributed by atoms with van der Waals surface area (Å²) >= 11 is 2.98. The molecular formula is C11H7BrO4. The van der Waals surface area contributed by atoms with Gasteiger partial charge < -0.3 is 9.15 Å². The van der Waals surface area contributed by atoms with Crippen LogP contribution in [0.3, 0.4) is 0 Å². The van der Waals surface area contributed by atoms with Gasteiger partial charge in [0.25, 0.3) is 0 Å². The minimum Gasteiger partial charge on any atom is -0.425 e. The van der Waals surface area contributed by atoms with Crippen molar-refractivity contribution in [2.24, 2.45) is 0 Å². The van der Waals surface area contributed by atoms with Crippen LogP contribution in [-0.4, -0.2) is 11.3 Å². The summed E-state index contributed by atoms with van der Waals surface area (Å²) in [7, 11) is 0. The smallest absolute Gasteiger partial charge is 0.339 e. The number of ether oxygens (including phenoxy) is 1. The third-order valence-electron chi connectivity index (χ3n) is 1.94. The average molecular weight is 283 g/mol. The van der Waals surface area contributed by atoms with E-state index in [2.05, 4.69) is 15.9 Å². The van der Waals surface area contributed by atoms with Crippen molar-refractivity contribution in [3.05, 3.63) is 40.8 Å². The van der Waals surface area contributed by atoms with Gasteiger partial charge in [0, 0.05) is 0 Å². The zero-order chi connectivity index (χ0) is 11.5. The van der Waals surface area contributed by atoms with Crippen LogP contribution < -0.4 is 10.4 Å². The molecule has 1 heterocycles. The highest BCUT2D eigenvalue weighted by molar-refractivity contribution is 9.09. The summed E-state index contributed by atoms with van der Waals surface area (Å²) in [6, 6.07) is 8.02. The van der Waals surface area contributed by atoms with Crippen molar-refractivity contribution in [2.75, 3.05) is 5.33 Å². The maximum Gasteiger partial charge on any atom is 0.339 e. The minimum atomic E-state index is -0.545. The van der Waals surface area contributed by atoms with Crippen LogP contribution in [0.5, 0.6) is 5.75 Å². The second-order valence-electron chi connectivity index (χ2n) is 3.03. The van der Waals surface area contributed by atoms with E-state index in [-0.39, 0.29) is 11.1 Å². The first-order valence-corrected chi connectivity index (χ1v) is 5.62. The molecule has 1 aromatic carbocycles. The monoisotopic (exact) mass is 282 g/mol. The summed E-state index contributed by atoms with van der Waals surface area (Å²) in [4.78, 5) is 22.3. The predicted octanol–water partition coefficient (Wildman–Crippen LogP) is 2.09. The lowest BCUT2D eigenvalue weighted by molar-refractivity contribution is -0.131. The fraction of sp³-hybridized carbons (Fsp3) is 0.0909. The fourth-order valence-electron chi connectivity index (χ4n) is 1.32. The third kappa shape index (κ3) is 2.14. The summed E-state index contributed by atoms with van der Waals surface area (Å²) in [6.45, 7) is 0. The Hall–Kier alpha value is -1.62. The molecule has 0 saturated carbocycles. The Morgan fingerprint density at radius 1 is 1.38 bits per heavy atom. The predicted molar refractivity (Wildman–Crippen MR) is 61.9 cm³/mol. The lowest BCUT2D eigenvalue weighted by Crippen LogP contribution is -2.10. The molecule has 0 amide bonds.